The van der Waals surface area contributed by atoms with Gasteiger partial charge in [0.15, 0.2) is 0 Å². The van der Waals surface area contributed by atoms with Gasteiger partial charge in [-0.05, 0) is 46.5 Å². The number of carbonyl (C=O) groups is 2. The fraction of sp³-hybridized carbons (Fsp3) is 0.867. The molecule has 0 aromatic heterocycles. The average Bonchev–Trinajstić information content (AvgIpc) is 2.34. The summed E-state index contributed by atoms with van der Waals surface area (Å²) in [5.74, 6) is -0.0467. The standard InChI is InChI=1S/C15H27NO4/c1-11(17)12-7-9-16(10-8-12)13(18)5-6-14(19)20-15(2,3)4/h11-12,17H,5-10H2,1-4H3. The van der Waals surface area contributed by atoms with E-state index in [0.29, 0.717) is 13.1 Å². The fourth-order valence-electron chi connectivity index (χ4n) is 2.39. The van der Waals surface area contributed by atoms with Crippen molar-refractivity contribution in [2.45, 2.75) is 65.1 Å². The van der Waals surface area contributed by atoms with E-state index in [1.54, 1.807) is 11.8 Å². The van der Waals surface area contributed by atoms with E-state index in [0.717, 1.165) is 12.8 Å². The van der Waals surface area contributed by atoms with Gasteiger partial charge in [-0.25, -0.2) is 0 Å². The predicted molar refractivity (Wildman–Crippen MR) is 76.1 cm³/mol. The van der Waals surface area contributed by atoms with Crippen LogP contribution >= 0.6 is 0 Å². The van der Waals surface area contributed by atoms with Gasteiger partial charge in [-0.15, -0.1) is 0 Å². The Labute approximate surface area is 121 Å². The number of aliphatic hydroxyl groups excluding tert-OH is 1. The van der Waals surface area contributed by atoms with Crippen LogP contribution in [0.3, 0.4) is 0 Å². The minimum Gasteiger partial charge on any atom is -0.460 e. The third-order valence-electron chi connectivity index (χ3n) is 3.54. The van der Waals surface area contributed by atoms with Crippen molar-refractivity contribution in [3.63, 3.8) is 0 Å². The lowest BCUT2D eigenvalue weighted by atomic mass is 9.92. The van der Waals surface area contributed by atoms with E-state index in [4.69, 9.17) is 4.74 Å². The second kappa shape index (κ2) is 7.07. The summed E-state index contributed by atoms with van der Waals surface area (Å²) in [5, 5.41) is 9.52. The van der Waals surface area contributed by atoms with Crippen molar-refractivity contribution in [1.29, 1.82) is 0 Å². The monoisotopic (exact) mass is 285 g/mol. The molecule has 5 heteroatoms. The lowest BCUT2D eigenvalue weighted by molar-refractivity contribution is -0.156. The Kier molecular flexibility index (Phi) is 5.99. The lowest BCUT2D eigenvalue weighted by Crippen LogP contribution is -2.40. The van der Waals surface area contributed by atoms with Gasteiger partial charge in [-0.2, -0.15) is 0 Å². The van der Waals surface area contributed by atoms with Crippen LogP contribution in [0.15, 0.2) is 0 Å². The van der Waals surface area contributed by atoms with Crippen molar-refractivity contribution in [2.24, 2.45) is 5.92 Å². The van der Waals surface area contributed by atoms with Gasteiger partial charge >= 0.3 is 5.97 Å². The maximum Gasteiger partial charge on any atom is 0.306 e. The van der Waals surface area contributed by atoms with Gasteiger partial charge in [0.1, 0.15) is 5.60 Å². The molecule has 116 valence electrons. The van der Waals surface area contributed by atoms with Gasteiger partial charge in [0, 0.05) is 19.5 Å². The van der Waals surface area contributed by atoms with Gasteiger partial charge < -0.3 is 14.7 Å². The van der Waals surface area contributed by atoms with E-state index < -0.39 is 5.60 Å². The zero-order chi connectivity index (χ0) is 15.3. The Bertz CT molecular complexity index is 338. The van der Waals surface area contributed by atoms with Gasteiger partial charge in [0.25, 0.3) is 0 Å². The molecule has 20 heavy (non-hydrogen) atoms. The lowest BCUT2D eigenvalue weighted by Gasteiger charge is -2.33. The molecule has 1 amide bonds. The first kappa shape index (κ1) is 17.0. The summed E-state index contributed by atoms with van der Waals surface area (Å²) in [6.45, 7) is 8.57. The molecule has 1 atom stereocenters. The number of rotatable bonds is 4. The van der Waals surface area contributed by atoms with Crippen LogP contribution < -0.4 is 0 Å². The second-order valence-corrected chi connectivity index (χ2v) is 6.55. The van der Waals surface area contributed by atoms with Crippen molar-refractivity contribution < 1.29 is 19.4 Å². The number of likely N-dealkylation sites (tertiary alicyclic amines) is 1. The van der Waals surface area contributed by atoms with Crippen LogP contribution in [0, 0.1) is 5.92 Å². The highest BCUT2D eigenvalue weighted by Gasteiger charge is 2.26. The summed E-state index contributed by atoms with van der Waals surface area (Å²) < 4.78 is 5.18. The Morgan fingerprint density at radius 3 is 2.25 bits per heavy atom. The largest absolute Gasteiger partial charge is 0.460 e. The van der Waals surface area contributed by atoms with E-state index in [9.17, 15) is 14.7 Å². The van der Waals surface area contributed by atoms with Crippen LogP contribution in [-0.4, -0.2) is 46.7 Å². The zero-order valence-corrected chi connectivity index (χ0v) is 13.0. The number of nitrogens with zero attached hydrogens (tertiary/aromatic N) is 1. The van der Waals surface area contributed by atoms with Gasteiger partial charge in [-0.3, -0.25) is 9.59 Å². The SMILES string of the molecule is CC(O)C1CCN(C(=O)CCC(=O)OC(C)(C)C)CC1. The summed E-state index contributed by atoms with van der Waals surface area (Å²) >= 11 is 0. The van der Waals surface area contributed by atoms with E-state index in [1.165, 1.54) is 0 Å². The topological polar surface area (TPSA) is 66.8 Å². The van der Waals surface area contributed by atoms with Crippen molar-refractivity contribution in [3.05, 3.63) is 0 Å². The predicted octanol–water partition coefficient (Wildman–Crippen LogP) is 1.73. The van der Waals surface area contributed by atoms with Gasteiger partial charge in [-0.1, -0.05) is 0 Å². The van der Waals surface area contributed by atoms with E-state index in [2.05, 4.69) is 0 Å². The van der Waals surface area contributed by atoms with Gasteiger partial charge in [0.05, 0.1) is 12.5 Å². The summed E-state index contributed by atoms with van der Waals surface area (Å²) in [5.41, 5.74) is -0.504. The minimum absolute atomic E-state index is 0.0000907. The average molecular weight is 285 g/mol. The molecule has 0 saturated carbocycles. The van der Waals surface area contributed by atoms with Crippen molar-refractivity contribution in [1.82, 2.24) is 4.90 Å². The molecule has 1 N–H and O–H groups in total. The number of hydrogen-bond acceptors (Lipinski definition) is 4. The number of carbonyl (C=O) groups excluding carboxylic acids is 2. The number of piperidine rings is 1. The van der Waals surface area contributed by atoms with E-state index in [1.807, 2.05) is 20.8 Å². The van der Waals surface area contributed by atoms with Crippen molar-refractivity contribution in [2.75, 3.05) is 13.1 Å². The number of esters is 1. The molecule has 0 bridgehead atoms. The Morgan fingerprint density at radius 1 is 1.25 bits per heavy atom. The third-order valence-corrected chi connectivity index (χ3v) is 3.54. The molecule has 5 nitrogen and oxygen atoms in total. The quantitative estimate of drug-likeness (QED) is 0.799. The summed E-state index contributed by atoms with van der Waals surface area (Å²) in [6.07, 6.45) is 1.68. The molecule has 1 aliphatic heterocycles. The minimum atomic E-state index is -0.504. The number of amides is 1. The molecule has 0 radical (unpaired) electrons. The molecule has 0 aromatic rings. The van der Waals surface area contributed by atoms with Crippen LogP contribution in [0.1, 0.15) is 53.4 Å². The van der Waals surface area contributed by atoms with Crippen molar-refractivity contribution >= 4 is 11.9 Å². The zero-order valence-electron chi connectivity index (χ0n) is 13.0. The normalized spacial score (nSPS) is 18.8. The smallest absolute Gasteiger partial charge is 0.306 e. The molecular formula is C15H27NO4. The number of hydrogen-bond donors (Lipinski definition) is 1. The molecule has 0 aromatic carbocycles. The molecule has 1 fully saturated rings. The van der Waals surface area contributed by atoms with E-state index >= 15 is 0 Å². The third kappa shape index (κ3) is 5.90. The molecule has 1 saturated heterocycles. The molecule has 0 spiro atoms. The number of ether oxygens (including phenoxy) is 1. The Balaban J connectivity index is 2.29. The number of aliphatic hydroxyl groups is 1. The highest BCUT2D eigenvalue weighted by Crippen LogP contribution is 2.21. The van der Waals surface area contributed by atoms with E-state index in [-0.39, 0.29) is 36.7 Å². The summed E-state index contributed by atoms with van der Waals surface area (Å²) in [7, 11) is 0. The fourth-order valence-corrected chi connectivity index (χ4v) is 2.39. The maximum absolute atomic E-state index is 12.0. The summed E-state index contributed by atoms with van der Waals surface area (Å²) in [6, 6.07) is 0. The highest BCUT2D eigenvalue weighted by molar-refractivity contribution is 5.81. The molecule has 1 heterocycles. The molecule has 1 unspecified atom stereocenters. The molecule has 1 rings (SSSR count). The molecule has 1 aliphatic rings. The van der Waals surface area contributed by atoms with Crippen LogP contribution in [0.25, 0.3) is 0 Å². The maximum atomic E-state index is 12.0. The van der Waals surface area contributed by atoms with Gasteiger partial charge in [0.2, 0.25) is 5.91 Å². The van der Waals surface area contributed by atoms with Crippen molar-refractivity contribution in [3.8, 4) is 0 Å². The second-order valence-electron chi connectivity index (χ2n) is 6.55. The molecule has 0 aliphatic carbocycles. The van der Waals surface area contributed by atoms with Crippen LogP contribution in [0.4, 0.5) is 0 Å². The first-order chi connectivity index (χ1) is 9.19. The van der Waals surface area contributed by atoms with Crippen LogP contribution in [0.5, 0.6) is 0 Å². The first-order valence-electron chi connectivity index (χ1n) is 7.37. The molecular weight excluding hydrogens is 258 g/mol. The summed E-state index contributed by atoms with van der Waals surface area (Å²) in [4.78, 5) is 25.3. The van der Waals surface area contributed by atoms with Crippen LogP contribution in [-0.2, 0) is 14.3 Å². The Morgan fingerprint density at radius 2 is 1.80 bits per heavy atom. The first-order valence-corrected chi connectivity index (χ1v) is 7.37. The Hall–Kier alpha value is -1.10. The highest BCUT2D eigenvalue weighted by atomic mass is 16.6. The van der Waals surface area contributed by atoms with Crippen LogP contribution in [0.2, 0.25) is 0 Å².